The summed E-state index contributed by atoms with van der Waals surface area (Å²) in [4.78, 5) is 21.6. The third-order valence-electron chi connectivity index (χ3n) is 5.83. The van der Waals surface area contributed by atoms with E-state index in [4.69, 9.17) is 30.8 Å². The van der Waals surface area contributed by atoms with Gasteiger partial charge >= 0.3 is 5.97 Å². The van der Waals surface area contributed by atoms with Crippen molar-refractivity contribution in [2.75, 3.05) is 46.9 Å². The van der Waals surface area contributed by atoms with E-state index in [1.807, 2.05) is 44.2 Å². The van der Waals surface area contributed by atoms with Crippen molar-refractivity contribution in [3.63, 3.8) is 0 Å². The summed E-state index contributed by atoms with van der Waals surface area (Å²) in [6.07, 6.45) is 0. The summed E-state index contributed by atoms with van der Waals surface area (Å²) in [7, 11) is 3.07. The number of methoxy groups -OCH3 is 2. The molecule has 0 radical (unpaired) electrons. The van der Waals surface area contributed by atoms with Crippen molar-refractivity contribution >= 4 is 29.1 Å². The van der Waals surface area contributed by atoms with Crippen LogP contribution in [0.15, 0.2) is 41.4 Å². The second-order valence-corrected chi connectivity index (χ2v) is 9.09. The first kappa shape index (κ1) is 22.4. The van der Waals surface area contributed by atoms with Gasteiger partial charge in [-0.3, -0.25) is 9.69 Å². The van der Waals surface area contributed by atoms with Gasteiger partial charge in [-0.25, -0.2) is 4.99 Å². The minimum Gasteiger partial charge on any atom is -0.497 e. The standard InChI is InChI=1S/C24H28ClN3O4/c1-24(2,23(29)31-4)15-27-9-11-28(12-10-27)22-18-7-6-17(30-3)14-20(18)32-21-13-16(25)5-8-19(21)26-22/h5-8,13-14H,9-12,15H2,1-4H3. The molecule has 7 nitrogen and oxygen atoms in total. The normalized spacial score (nSPS) is 16.3. The van der Waals surface area contributed by atoms with E-state index >= 15 is 0 Å². The number of aliphatic imine (C=N–C) groups is 1. The van der Waals surface area contributed by atoms with E-state index in [0.717, 1.165) is 43.3 Å². The second kappa shape index (κ2) is 9.00. The zero-order valence-corrected chi connectivity index (χ0v) is 19.6. The number of esters is 1. The molecule has 0 saturated carbocycles. The Hall–Kier alpha value is -2.77. The smallest absolute Gasteiger partial charge is 0.312 e. The highest BCUT2D eigenvalue weighted by atomic mass is 35.5. The lowest BCUT2D eigenvalue weighted by atomic mass is 9.92. The monoisotopic (exact) mass is 457 g/mol. The molecule has 0 atom stereocenters. The van der Waals surface area contributed by atoms with Crippen molar-refractivity contribution in [2.24, 2.45) is 10.4 Å². The molecule has 2 aromatic rings. The summed E-state index contributed by atoms with van der Waals surface area (Å²) in [6.45, 7) is 7.69. The van der Waals surface area contributed by atoms with E-state index in [2.05, 4.69) is 9.80 Å². The summed E-state index contributed by atoms with van der Waals surface area (Å²) in [5, 5.41) is 0.591. The van der Waals surface area contributed by atoms with Crippen LogP contribution in [0.2, 0.25) is 5.02 Å². The Bertz CT molecular complexity index is 1050. The van der Waals surface area contributed by atoms with Gasteiger partial charge < -0.3 is 19.1 Å². The topological polar surface area (TPSA) is 63.6 Å². The molecule has 0 spiro atoms. The Balaban J connectivity index is 1.60. The number of carbonyl (C=O) groups is 1. The molecular formula is C24H28ClN3O4. The van der Waals surface area contributed by atoms with Crippen molar-refractivity contribution < 1.29 is 19.0 Å². The van der Waals surface area contributed by atoms with Gasteiger partial charge in [-0.15, -0.1) is 0 Å². The van der Waals surface area contributed by atoms with Crippen molar-refractivity contribution in [1.29, 1.82) is 0 Å². The number of piperazine rings is 1. The Morgan fingerprint density at radius 3 is 2.53 bits per heavy atom. The van der Waals surface area contributed by atoms with Gasteiger partial charge in [0.05, 0.1) is 25.2 Å². The highest BCUT2D eigenvalue weighted by Crippen LogP contribution is 2.41. The number of benzene rings is 2. The molecule has 0 amide bonds. The number of rotatable bonds is 4. The van der Waals surface area contributed by atoms with Crippen LogP contribution in [-0.2, 0) is 9.53 Å². The van der Waals surface area contributed by atoms with E-state index in [1.165, 1.54) is 7.11 Å². The van der Waals surface area contributed by atoms with E-state index in [-0.39, 0.29) is 5.97 Å². The number of fused-ring (bicyclic) bond motifs is 2. The molecule has 0 N–H and O–H groups in total. The summed E-state index contributed by atoms with van der Waals surface area (Å²) < 4.78 is 16.6. The van der Waals surface area contributed by atoms with Gasteiger partial charge in [-0.05, 0) is 38.1 Å². The Morgan fingerprint density at radius 1 is 1.09 bits per heavy atom. The van der Waals surface area contributed by atoms with Gasteiger partial charge in [-0.1, -0.05) is 11.6 Å². The first-order chi connectivity index (χ1) is 15.3. The average molecular weight is 458 g/mol. The lowest BCUT2D eigenvalue weighted by Crippen LogP contribution is -2.52. The van der Waals surface area contributed by atoms with Crippen molar-refractivity contribution in [1.82, 2.24) is 9.80 Å². The molecule has 2 aliphatic heterocycles. The van der Waals surface area contributed by atoms with Gasteiger partial charge in [0.2, 0.25) is 0 Å². The van der Waals surface area contributed by atoms with Crippen LogP contribution < -0.4 is 9.47 Å². The fourth-order valence-corrected chi connectivity index (χ4v) is 4.27. The molecule has 170 valence electrons. The summed E-state index contributed by atoms with van der Waals surface area (Å²) >= 11 is 6.20. The molecule has 0 bridgehead atoms. The Labute approximate surface area is 193 Å². The van der Waals surface area contributed by atoms with E-state index in [1.54, 1.807) is 13.2 Å². The zero-order valence-electron chi connectivity index (χ0n) is 18.9. The van der Waals surface area contributed by atoms with Crippen LogP contribution in [0.3, 0.4) is 0 Å². The Kier molecular flexibility index (Phi) is 6.31. The molecule has 8 heteroatoms. The van der Waals surface area contributed by atoms with Crippen LogP contribution in [-0.4, -0.2) is 68.5 Å². The van der Waals surface area contributed by atoms with Gasteiger partial charge in [-0.2, -0.15) is 0 Å². The number of hydrogen-bond donors (Lipinski definition) is 0. The minimum absolute atomic E-state index is 0.191. The third-order valence-corrected chi connectivity index (χ3v) is 6.06. The zero-order chi connectivity index (χ0) is 22.9. The molecule has 1 saturated heterocycles. The highest BCUT2D eigenvalue weighted by molar-refractivity contribution is 6.30. The van der Waals surface area contributed by atoms with Crippen molar-refractivity contribution in [3.05, 3.63) is 47.0 Å². The molecule has 2 aliphatic rings. The molecule has 2 heterocycles. The van der Waals surface area contributed by atoms with Crippen molar-refractivity contribution in [3.8, 4) is 17.2 Å². The fourth-order valence-electron chi connectivity index (χ4n) is 4.11. The lowest BCUT2D eigenvalue weighted by Gasteiger charge is -2.39. The van der Waals surface area contributed by atoms with Gasteiger partial charge in [0, 0.05) is 49.9 Å². The van der Waals surface area contributed by atoms with E-state index in [9.17, 15) is 4.79 Å². The number of carbonyl (C=O) groups excluding carboxylic acids is 1. The summed E-state index contributed by atoms with van der Waals surface area (Å²) in [5.41, 5.74) is 1.08. The third kappa shape index (κ3) is 4.54. The maximum Gasteiger partial charge on any atom is 0.312 e. The van der Waals surface area contributed by atoms with Crippen LogP contribution in [0.5, 0.6) is 17.2 Å². The number of amidine groups is 1. The van der Waals surface area contributed by atoms with Gasteiger partial charge in [0.1, 0.15) is 23.0 Å². The first-order valence-electron chi connectivity index (χ1n) is 10.6. The maximum atomic E-state index is 12.1. The van der Waals surface area contributed by atoms with Crippen molar-refractivity contribution in [2.45, 2.75) is 13.8 Å². The molecule has 2 aromatic carbocycles. The van der Waals surface area contributed by atoms with Crippen LogP contribution >= 0.6 is 11.6 Å². The van der Waals surface area contributed by atoms with Crippen LogP contribution in [0.25, 0.3) is 0 Å². The highest BCUT2D eigenvalue weighted by Gasteiger charge is 2.33. The number of ether oxygens (including phenoxy) is 3. The predicted molar refractivity (Wildman–Crippen MR) is 125 cm³/mol. The largest absolute Gasteiger partial charge is 0.497 e. The number of halogens is 1. The molecule has 32 heavy (non-hydrogen) atoms. The molecule has 4 rings (SSSR count). The second-order valence-electron chi connectivity index (χ2n) is 8.65. The molecular weight excluding hydrogens is 430 g/mol. The van der Waals surface area contributed by atoms with E-state index in [0.29, 0.717) is 28.8 Å². The predicted octanol–water partition coefficient (Wildman–Crippen LogP) is 4.35. The van der Waals surface area contributed by atoms with Gasteiger partial charge in [0.15, 0.2) is 5.75 Å². The lowest BCUT2D eigenvalue weighted by molar-refractivity contribution is -0.152. The van der Waals surface area contributed by atoms with E-state index < -0.39 is 5.41 Å². The first-order valence-corrected chi connectivity index (χ1v) is 11.0. The van der Waals surface area contributed by atoms with Gasteiger partial charge in [0.25, 0.3) is 0 Å². The van der Waals surface area contributed by atoms with Crippen LogP contribution in [0, 0.1) is 5.41 Å². The molecule has 0 aromatic heterocycles. The number of hydrogen-bond acceptors (Lipinski definition) is 7. The van der Waals surface area contributed by atoms with Crippen LogP contribution in [0.4, 0.5) is 5.69 Å². The number of nitrogens with zero attached hydrogens (tertiary/aromatic N) is 3. The van der Waals surface area contributed by atoms with Crippen LogP contribution in [0.1, 0.15) is 19.4 Å². The quantitative estimate of drug-likeness (QED) is 0.636. The molecule has 0 unspecified atom stereocenters. The molecule has 0 aliphatic carbocycles. The minimum atomic E-state index is -0.550. The fraction of sp³-hybridized carbons (Fsp3) is 0.417. The maximum absolute atomic E-state index is 12.1. The summed E-state index contributed by atoms with van der Waals surface area (Å²) in [5.74, 6) is 2.67. The molecule has 1 fully saturated rings. The average Bonchev–Trinajstić information content (AvgIpc) is 2.94. The SMILES string of the molecule is COC(=O)C(C)(C)CN1CCN(C2=Nc3ccc(Cl)cc3Oc3cc(OC)ccc32)CC1. The Morgan fingerprint density at radius 2 is 1.84 bits per heavy atom. The summed E-state index contributed by atoms with van der Waals surface area (Å²) in [6, 6.07) is 11.2.